The SMILES string of the molecule is CNc1ccnc(C(=O)NCCCCN(C)C)c1. The van der Waals surface area contributed by atoms with Gasteiger partial charge in [-0.25, -0.2) is 0 Å². The van der Waals surface area contributed by atoms with Crippen molar-refractivity contribution < 1.29 is 4.79 Å². The zero-order valence-corrected chi connectivity index (χ0v) is 11.4. The predicted octanol–water partition coefficient (Wildman–Crippen LogP) is 1.19. The van der Waals surface area contributed by atoms with Crippen molar-refractivity contribution in [1.82, 2.24) is 15.2 Å². The number of hydrogen-bond acceptors (Lipinski definition) is 4. The minimum absolute atomic E-state index is 0.114. The van der Waals surface area contributed by atoms with Gasteiger partial charge in [-0.05, 0) is 45.6 Å². The van der Waals surface area contributed by atoms with Crippen LogP contribution in [0.2, 0.25) is 0 Å². The van der Waals surface area contributed by atoms with Crippen LogP contribution in [-0.4, -0.2) is 50.0 Å². The summed E-state index contributed by atoms with van der Waals surface area (Å²) in [5.41, 5.74) is 1.34. The Morgan fingerprint density at radius 2 is 2.17 bits per heavy atom. The molecular weight excluding hydrogens is 228 g/mol. The first kappa shape index (κ1) is 14.4. The smallest absolute Gasteiger partial charge is 0.269 e. The number of carbonyl (C=O) groups excluding carboxylic acids is 1. The van der Waals surface area contributed by atoms with E-state index >= 15 is 0 Å². The third kappa shape index (κ3) is 5.14. The van der Waals surface area contributed by atoms with Crippen molar-refractivity contribution in [2.24, 2.45) is 0 Å². The first-order valence-electron chi connectivity index (χ1n) is 6.20. The number of nitrogens with zero attached hydrogens (tertiary/aromatic N) is 2. The van der Waals surface area contributed by atoms with Crippen LogP contribution in [0.1, 0.15) is 23.3 Å². The largest absolute Gasteiger partial charge is 0.388 e. The molecule has 0 saturated carbocycles. The van der Waals surface area contributed by atoms with Gasteiger partial charge in [0.15, 0.2) is 0 Å². The van der Waals surface area contributed by atoms with Gasteiger partial charge in [0.2, 0.25) is 0 Å². The molecule has 1 rings (SSSR count). The van der Waals surface area contributed by atoms with Crippen molar-refractivity contribution in [3.63, 3.8) is 0 Å². The Kier molecular flexibility index (Phi) is 6.14. The standard InChI is InChI=1S/C13H22N4O/c1-14-11-6-8-15-12(10-11)13(18)16-7-4-5-9-17(2)3/h6,8,10H,4-5,7,9H2,1-3H3,(H,14,15)(H,16,18). The van der Waals surface area contributed by atoms with E-state index in [1.54, 1.807) is 12.3 Å². The summed E-state index contributed by atoms with van der Waals surface area (Å²) < 4.78 is 0. The third-order valence-corrected chi connectivity index (χ3v) is 2.60. The fraction of sp³-hybridized carbons (Fsp3) is 0.538. The van der Waals surface area contributed by atoms with Crippen LogP contribution < -0.4 is 10.6 Å². The maximum atomic E-state index is 11.8. The highest BCUT2D eigenvalue weighted by atomic mass is 16.1. The van der Waals surface area contributed by atoms with E-state index in [0.717, 1.165) is 25.1 Å². The summed E-state index contributed by atoms with van der Waals surface area (Å²) in [6.45, 7) is 1.74. The average Bonchev–Trinajstić information content (AvgIpc) is 2.37. The van der Waals surface area contributed by atoms with E-state index in [4.69, 9.17) is 0 Å². The van der Waals surface area contributed by atoms with Crippen LogP contribution in [-0.2, 0) is 0 Å². The molecule has 0 atom stereocenters. The molecule has 0 aliphatic rings. The van der Waals surface area contributed by atoms with Gasteiger partial charge in [-0.15, -0.1) is 0 Å². The summed E-state index contributed by atoms with van der Waals surface area (Å²) >= 11 is 0. The number of carbonyl (C=O) groups is 1. The first-order chi connectivity index (χ1) is 8.63. The number of rotatable bonds is 7. The summed E-state index contributed by atoms with van der Waals surface area (Å²) in [5, 5.41) is 5.86. The van der Waals surface area contributed by atoms with Crippen molar-refractivity contribution in [2.45, 2.75) is 12.8 Å². The number of unbranched alkanes of at least 4 members (excludes halogenated alkanes) is 1. The fourth-order valence-electron chi connectivity index (χ4n) is 1.56. The Morgan fingerprint density at radius 1 is 1.39 bits per heavy atom. The average molecular weight is 250 g/mol. The molecule has 1 heterocycles. The number of nitrogens with one attached hydrogen (secondary N) is 2. The van der Waals surface area contributed by atoms with E-state index in [0.29, 0.717) is 12.2 Å². The summed E-state index contributed by atoms with van der Waals surface area (Å²) in [5.74, 6) is -0.114. The van der Waals surface area contributed by atoms with Gasteiger partial charge in [-0.2, -0.15) is 0 Å². The minimum atomic E-state index is -0.114. The van der Waals surface area contributed by atoms with Crippen molar-refractivity contribution in [1.29, 1.82) is 0 Å². The van der Waals surface area contributed by atoms with Crippen molar-refractivity contribution in [3.8, 4) is 0 Å². The molecule has 1 aromatic rings. The zero-order chi connectivity index (χ0) is 13.4. The lowest BCUT2D eigenvalue weighted by atomic mass is 10.2. The molecule has 18 heavy (non-hydrogen) atoms. The third-order valence-electron chi connectivity index (χ3n) is 2.60. The molecule has 2 N–H and O–H groups in total. The lowest BCUT2D eigenvalue weighted by molar-refractivity contribution is 0.0948. The Hall–Kier alpha value is -1.62. The molecule has 0 radical (unpaired) electrons. The van der Waals surface area contributed by atoms with E-state index in [1.807, 2.05) is 27.2 Å². The zero-order valence-electron chi connectivity index (χ0n) is 11.4. The van der Waals surface area contributed by atoms with Gasteiger partial charge in [-0.1, -0.05) is 0 Å². The summed E-state index contributed by atoms with van der Waals surface area (Å²) in [7, 11) is 5.91. The van der Waals surface area contributed by atoms with Gasteiger partial charge in [0.1, 0.15) is 5.69 Å². The van der Waals surface area contributed by atoms with Crippen LogP contribution in [0.5, 0.6) is 0 Å². The van der Waals surface area contributed by atoms with E-state index < -0.39 is 0 Å². The summed E-state index contributed by atoms with van der Waals surface area (Å²) in [4.78, 5) is 18.0. The summed E-state index contributed by atoms with van der Waals surface area (Å²) in [6, 6.07) is 3.57. The Bertz CT molecular complexity index is 379. The lowest BCUT2D eigenvalue weighted by Crippen LogP contribution is -2.26. The highest BCUT2D eigenvalue weighted by Gasteiger charge is 2.06. The maximum absolute atomic E-state index is 11.8. The topological polar surface area (TPSA) is 57.3 Å². The van der Waals surface area contributed by atoms with Gasteiger partial charge in [-0.3, -0.25) is 9.78 Å². The van der Waals surface area contributed by atoms with Crippen LogP contribution in [0, 0.1) is 0 Å². The molecule has 0 aromatic carbocycles. The molecule has 1 amide bonds. The van der Waals surface area contributed by atoms with Crippen LogP contribution >= 0.6 is 0 Å². The Morgan fingerprint density at radius 3 is 2.83 bits per heavy atom. The molecule has 5 nitrogen and oxygen atoms in total. The fourth-order valence-corrected chi connectivity index (χ4v) is 1.56. The van der Waals surface area contributed by atoms with Crippen LogP contribution in [0.15, 0.2) is 18.3 Å². The van der Waals surface area contributed by atoms with E-state index in [-0.39, 0.29) is 5.91 Å². The molecule has 0 spiro atoms. The van der Waals surface area contributed by atoms with Gasteiger partial charge < -0.3 is 15.5 Å². The normalized spacial score (nSPS) is 10.4. The van der Waals surface area contributed by atoms with Crippen molar-refractivity contribution in [2.75, 3.05) is 39.5 Å². The lowest BCUT2D eigenvalue weighted by Gasteiger charge is -2.09. The number of aromatic nitrogens is 1. The molecule has 0 bridgehead atoms. The van der Waals surface area contributed by atoms with Crippen molar-refractivity contribution >= 4 is 11.6 Å². The maximum Gasteiger partial charge on any atom is 0.269 e. The number of anilines is 1. The number of hydrogen-bond donors (Lipinski definition) is 2. The van der Waals surface area contributed by atoms with Gasteiger partial charge in [0.05, 0.1) is 0 Å². The van der Waals surface area contributed by atoms with Crippen LogP contribution in [0.3, 0.4) is 0 Å². The highest BCUT2D eigenvalue weighted by Crippen LogP contribution is 2.06. The second-order valence-electron chi connectivity index (χ2n) is 4.45. The monoisotopic (exact) mass is 250 g/mol. The second-order valence-corrected chi connectivity index (χ2v) is 4.45. The molecule has 100 valence electrons. The molecule has 0 saturated heterocycles. The van der Waals surface area contributed by atoms with Crippen molar-refractivity contribution in [3.05, 3.63) is 24.0 Å². The molecule has 0 unspecified atom stereocenters. The van der Waals surface area contributed by atoms with Gasteiger partial charge in [0.25, 0.3) is 5.91 Å². The van der Waals surface area contributed by atoms with Crippen LogP contribution in [0.25, 0.3) is 0 Å². The number of amides is 1. The van der Waals surface area contributed by atoms with E-state index in [9.17, 15) is 4.79 Å². The van der Waals surface area contributed by atoms with Crippen LogP contribution in [0.4, 0.5) is 5.69 Å². The van der Waals surface area contributed by atoms with E-state index in [2.05, 4.69) is 20.5 Å². The quantitative estimate of drug-likeness (QED) is 0.714. The Balaban J connectivity index is 2.31. The predicted molar refractivity (Wildman–Crippen MR) is 73.9 cm³/mol. The summed E-state index contributed by atoms with van der Waals surface area (Å²) in [6.07, 6.45) is 3.69. The Labute approximate surface area is 109 Å². The molecule has 0 fully saturated rings. The highest BCUT2D eigenvalue weighted by molar-refractivity contribution is 5.93. The van der Waals surface area contributed by atoms with Gasteiger partial charge >= 0.3 is 0 Å². The number of pyridine rings is 1. The minimum Gasteiger partial charge on any atom is -0.388 e. The first-order valence-corrected chi connectivity index (χ1v) is 6.20. The molecule has 0 aliphatic carbocycles. The molecular formula is C13H22N4O. The molecule has 1 aromatic heterocycles. The molecule has 5 heteroatoms. The van der Waals surface area contributed by atoms with E-state index in [1.165, 1.54) is 0 Å². The second kappa shape index (κ2) is 7.66. The molecule has 0 aliphatic heterocycles. The van der Waals surface area contributed by atoms with Gasteiger partial charge in [0, 0.05) is 25.5 Å².